The molecule has 5 heteroatoms. The van der Waals surface area contributed by atoms with Gasteiger partial charge in [0.15, 0.2) is 23.3 Å². The van der Waals surface area contributed by atoms with Crippen molar-refractivity contribution in [3.05, 3.63) is 95.6 Å². The molecule has 1 nitrogen and oxygen atoms in total. The number of ether oxygens (including phenoxy) is 1. The average Bonchev–Trinajstić information content (AvgIpc) is 2.92. The molecule has 0 amide bonds. The lowest BCUT2D eigenvalue weighted by Gasteiger charge is -2.29. The summed E-state index contributed by atoms with van der Waals surface area (Å²) >= 11 is 0. The monoisotopic (exact) mass is 510 g/mol. The third-order valence-corrected chi connectivity index (χ3v) is 7.33. The summed E-state index contributed by atoms with van der Waals surface area (Å²) in [6, 6.07) is 12.7. The summed E-state index contributed by atoms with van der Waals surface area (Å²) in [7, 11) is 0. The first-order valence-corrected chi connectivity index (χ1v) is 13.2. The predicted octanol–water partition coefficient (Wildman–Crippen LogP) is 9.22. The number of hydrogen-bond donors (Lipinski definition) is 0. The number of benzene rings is 3. The predicted molar refractivity (Wildman–Crippen MR) is 141 cm³/mol. The Kier molecular flexibility index (Phi) is 9.20. The Morgan fingerprint density at radius 3 is 2.08 bits per heavy atom. The van der Waals surface area contributed by atoms with Crippen molar-refractivity contribution in [1.29, 1.82) is 0 Å². The summed E-state index contributed by atoms with van der Waals surface area (Å²) in [5, 5.41) is 0. The van der Waals surface area contributed by atoms with Crippen LogP contribution in [-0.2, 0) is 17.6 Å². The smallest absolute Gasteiger partial charge is 0.167 e. The number of aryl methyl sites for hydroxylation is 2. The van der Waals surface area contributed by atoms with Crippen molar-refractivity contribution >= 4 is 0 Å². The first kappa shape index (κ1) is 27.1. The minimum absolute atomic E-state index is 0.0328. The molecule has 3 aromatic carbocycles. The highest BCUT2D eigenvalue weighted by Gasteiger charge is 2.24. The molecule has 0 N–H and O–H groups in total. The largest absolute Gasteiger partial charge is 0.378 e. The molecule has 1 saturated heterocycles. The molecule has 0 saturated carbocycles. The highest BCUT2D eigenvalue weighted by molar-refractivity contribution is 5.72. The molecule has 0 aromatic heterocycles. The van der Waals surface area contributed by atoms with E-state index in [0.717, 1.165) is 44.1 Å². The van der Waals surface area contributed by atoms with Crippen LogP contribution in [0.4, 0.5) is 17.6 Å². The fourth-order valence-corrected chi connectivity index (χ4v) is 5.13. The van der Waals surface area contributed by atoms with Gasteiger partial charge in [0, 0.05) is 23.3 Å². The summed E-state index contributed by atoms with van der Waals surface area (Å²) < 4.78 is 66.0. The van der Waals surface area contributed by atoms with Crippen LogP contribution >= 0.6 is 0 Å². The van der Waals surface area contributed by atoms with E-state index in [-0.39, 0.29) is 28.4 Å². The van der Waals surface area contributed by atoms with E-state index in [9.17, 15) is 4.39 Å². The molecule has 37 heavy (non-hydrogen) atoms. The molecule has 1 aliphatic heterocycles. The quantitative estimate of drug-likeness (QED) is 0.195. The van der Waals surface area contributed by atoms with Crippen molar-refractivity contribution in [2.45, 2.75) is 64.4 Å². The molecule has 0 bridgehead atoms. The van der Waals surface area contributed by atoms with Crippen LogP contribution in [0.1, 0.15) is 56.6 Å². The van der Waals surface area contributed by atoms with Gasteiger partial charge in [-0.3, -0.25) is 0 Å². The zero-order valence-corrected chi connectivity index (χ0v) is 21.3. The molecule has 1 aliphatic rings. The fraction of sp³-hybridized carbons (Fsp3) is 0.375. The van der Waals surface area contributed by atoms with Gasteiger partial charge in [0.1, 0.15) is 0 Å². The molecule has 0 radical (unpaired) electrons. The Labute approximate surface area is 217 Å². The lowest BCUT2D eigenvalue weighted by molar-refractivity contribution is -0.0216. The van der Waals surface area contributed by atoms with Crippen LogP contribution in [0.5, 0.6) is 0 Å². The first-order chi connectivity index (χ1) is 17.9. The van der Waals surface area contributed by atoms with Gasteiger partial charge in [-0.2, -0.15) is 0 Å². The SMILES string of the molecule is C=CCCc1ccc(-c2ccc(-c3ccc(CCC4CCC(CCC)CO4)c(F)c3F)c(F)c2F)cc1. The van der Waals surface area contributed by atoms with Gasteiger partial charge < -0.3 is 4.74 Å². The summed E-state index contributed by atoms with van der Waals surface area (Å²) in [4.78, 5) is 0. The molecule has 2 atom stereocenters. The first-order valence-electron chi connectivity index (χ1n) is 13.2. The van der Waals surface area contributed by atoms with Gasteiger partial charge in [0.25, 0.3) is 0 Å². The van der Waals surface area contributed by atoms with Crippen molar-refractivity contribution in [2.24, 2.45) is 5.92 Å². The second-order valence-electron chi connectivity index (χ2n) is 9.94. The van der Waals surface area contributed by atoms with Gasteiger partial charge in [-0.15, -0.1) is 6.58 Å². The Morgan fingerprint density at radius 1 is 0.784 bits per heavy atom. The molecular weight excluding hydrogens is 476 g/mol. The number of halogens is 4. The molecule has 1 fully saturated rings. The number of allylic oxidation sites excluding steroid dienone is 1. The lowest BCUT2D eigenvalue weighted by Crippen LogP contribution is -2.26. The van der Waals surface area contributed by atoms with E-state index in [1.807, 2.05) is 18.2 Å². The van der Waals surface area contributed by atoms with Crippen molar-refractivity contribution in [3.63, 3.8) is 0 Å². The minimum atomic E-state index is -1.20. The summed E-state index contributed by atoms with van der Waals surface area (Å²) in [6.45, 7) is 6.58. The maximum absolute atomic E-state index is 15.1. The molecule has 2 unspecified atom stereocenters. The van der Waals surface area contributed by atoms with Gasteiger partial charge in [-0.05, 0) is 67.6 Å². The third kappa shape index (κ3) is 6.32. The number of rotatable bonds is 10. The van der Waals surface area contributed by atoms with Crippen LogP contribution < -0.4 is 0 Å². The average molecular weight is 511 g/mol. The van der Waals surface area contributed by atoms with Crippen molar-refractivity contribution in [3.8, 4) is 22.3 Å². The van der Waals surface area contributed by atoms with E-state index in [1.165, 1.54) is 24.3 Å². The second-order valence-corrected chi connectivity index (χ2v) is 9.94. The van der Waals surface area contributed by atoms with Gasteiger partial charge in [0.05, 0.1) is 6.10 Å². The zero-order valence-electron chi connectivity index (χ0n) is 21.3. The minimum Gasteiger partial charge on any atom is -0.378 e. The summed E-state index contributed by atoms with van der Waals surface area (Å²) in [6.07, 6.45) is 8.70. The molecule has 1 heterocycles. The van der Waals surface area contributed by atoms with Gasteiger partial charge in [-0.1, -0.05) is 68.0 Å². The van der Waals surface area contributed by atoms with E-state index in [4.69, 9.17) is 4.74 Å². The Bertz CT molecular complexity index is 1210. The Balaban J connectivity index is 1.48. The maximum Gasteiger partial charge on any atom is 0.167 e. The molecule has 4 rings (SSSR count). The second kappa shape index (κ2) is 12.6. The van der Waals surface area contributed by atoms with Crippen molar-refractivity contribution in [1.82, 2.24) is 0 Å². The molecule has 0 aliphatic carbocycles. The van der Waals surface area contributed by atoms with E-state index >= 15 is 13.2 Å². The topological polar surface area (TPSA) is 9.23 Å². The van der Waals surface area contributed by atoms with Gasteiger partial charge >= 0.3 is 0 Å². The maximum atomic E-state index is 15.1. The highest BCUT2D eigenvalue weighted by Crippen LogP contribution is 2.34. The highest BCUT2D eigenvalue weighted by atomic mass is 19.2. The van der Waals surface area contributed by atoms with Gasteiger partial charge in [0.2, 0.25) is 0 Å². The summed E-state index contributed by atoms with van der Waals surface area (Å²) in [5.74, 6) is -3.88. The third-order valence-electron chi connectivity index (χ3n) is 7.33. The molecule has 3 aromatic rings. The van der Waals surface area contributed by atoms with Gasteiger partial charge in [-0.25, -0.2) is 17.6 Å². The van der Waals surface area contributed by atoms with E-state index < -0.39 is 23.3 Å². The molecule has 196 valence electrons. The van der Waals surface area contributed by atoms with Crippen LogP contribution in [-0.4, -0.2) is 12.7 Å². The van der Waals surface area contributed by atoms with E-state index in [1.54, 1.807) is 12.1 Å². The van der Waals surface area contributed by atoms with Crippen LogP contribution in [0.3, 0.4) is 0 Å². The molecular formula is C32H34F4O. The van der Waals surface area contributed by atoms with Crippen LogP contribution in [0.15, 0.2) is 61.2 Å². The Hall–Kier alpha value is -2.92. The van der Waals surface area contributed by atoms with Crippen molar-refractivity contribution in [2.75, 3.05) is 6.61 Å². The number of hydrogen-bond acceptors (Lipinski definition) is 1. The van der Waals surface area contributed by atoms with Crippen LogP contribution in [0, 0.1) is 29.2 Å². The standard InChI is InChI=1S/C32H34F4O/c1-3-5-7-21-8-11-23(12-9-21)26-18-19-28(32(36)30(26)34)27-17-14-24(29(33)31(27)35)13-16-25-15-10-22(6-4-2)20-37-25/h3,8-9,11-12,14,17-19,22,25H,1,4-7,10,13,15-16,20H2,2H3. The van der Waals surface area contributed by atoms with Crippen LogP contribution in [0.25, 0.3) is 22.3 Å². The van der Waals surface area contributed by atoms with E-state index in [0.29, 0.717) is 30.9 Å². The van der Waals surface area contributed by atoms with E-state index in [2.05, 4.69) is 13.5 Å². The molecule has 0 spiro atoms. The Morgan fingerprint density at radius 2 is 1.43 bits per heavy atom. The van der Waals surface area contributed by atoms with Crippen molar-refractivity contribution < 1.29 is 22.3 Å². The zero-order chi connectivity index (χ0) is 26.4. The summed E-state index contributed by atoms with van der Waals surface area (Å²) in [5.41, 5.74) is 1.27. The lowest BCUT2D eigenvalue weighted by atomic mass is 9.92. The van der Waals surface area contributed by atoms with Crippen LogP contribution in [0.2, 0.25) is 0 Å². The fourth-order valence-electron chi connectivity index (χ4n) is 5.13. The normalized spacial score (nSPS) is 17.6.